The topological polar surface area (TPSA) is 76.4 Å². The van der Waals surface area contributed by atoms with Crippen LogP contribution < -0.4 is 0 Å². The van der Waals surface area contributed by atoms with Crippen LogP contribution in [-0.4, -0.2) is 25.2 Å². The Labute approximate surface area is 89.0 Å². The first-order chi connectivity index (χ1) is 7.02. The van der Waals surface area contributed by atoms with E-state index in [-0.39, 0.29) is 19.6 Å². The van der Waals surface area contributed by atoms with Gasteiger partial charge < -0.3 is 9.47 Å². The van der Waals surface area contributed by atoms with E-state index in [0.717, 1.165) is 0 Å². The van der Waals surface area contributed by atoms with Gasteiger partial charge in [-0.15, -0.1) is 0 Å². The van der Waals surface area contributed by atoms with E-state index in [1.807, 2.05) is 0 Å². The minimum Gasteiger partial charge on any atom is -0.465 e. The van der Waals surface area contributed by atoms with Gasteiger partial charge in [0.25, 0.3) is 0 Å². The predicted molar refractivity (Wildman–Crippen MR) is 51.6 cm³/mol. The molecule has 0 rings (SSSR count). The van der Waals surface area contributed by atoms with E-state index in [0.29, 0.717) is 0 Å². The zero-order chi connectivity index (χ0) is 11.9. The lowest BCUT2D eigenvalue weighted by atomic mass is 9.87. The summed E-state index contributed by atoms with van der Waals surface area (Å²) in [6, 6.07) is 1.79. The van der Waals surface area contributed by atoms with E-state index in [1.165, 1.54) is 6.92 Å². The molecule has 0 aliphatic heterocycles. The Balaban J connectivity index is 4.80. The van der Waals surface area contributed by atoms with Gasteiger partial charge in [-0.25, -0.2) is 0 Å². The fraction of sp³-hybridized carbons (Fsp3) is 0.700. The largest absolute Gasteiger partial charge is 0.465 e. The van der Waals surface area contributed by atoms with Gasteiger partial charge in [-0.2, -0.15) is 5.26 Å². The van der Waals surface area contributed by atoms with E-state index in [1.54, 1.807) is 19.9 Å². The Morgan fingerprint density at radius 1 is 1.20 bits per heavy atom. The monoisotopic (exact) mass is 213 g/mol. The molecule has 0 heterocycles. The first kappa shape index (κ1) is 13.4. The van der Waals surface area contributed by atoms with Crippen molar-refractivity contribution in [1.29, 1.82) is 5.26 Å². The first-order valence-corrected chi connectivity index (χ1v) is 4.74. The molecule has 0 radical (unpaired) electrons. The number of hydrogen-bond donors (Lipinski definition) is 0. The second-order valence-corrected chi connectivity index (χ2v) is 3.11. The van der Waals surface area contributed by atoms with Crippen LogP contribution in [-0.2, 0) is 19.1 Å². The van der Waals surface area contributed by atoms with Crippen LogP contribution in [0.4, 0.5) is 0 Å². The second kappa shape index (κ2) is 6.02. The highest BCUT2D eigenvalue weighted by Crippen LogP contribution is 2.24. The van der Waals surface area contributed by atoms with Crippen molar-refractivity contribution in [2.45, 2.75) is 27.2 Å². The van der Waals surface area contributed by atoms with Gasteiger partial charge in [0, 0.05) is 0 Å². The molecule has 0 atom stereocenters. The summed E-state index contributed by atoms with van der Waals surface area (Å²) in [7, 11) is 0. The fourth-order valence-corrected chi connectivity index (χ4v) is 0.967. The minimum atomic E-state index is -1.51. The van der Waals surface area contributed by atoms with Crippen molar-refractivity contribution in [3.63, 3.8) is 0 Å². The molecule has 0 amide bonds. The van der Waals surface area contributed by atoms with Crippen molar-refractivity contribution < 1.29 is 19.1 Å². The second-order valence-electron chi connectivity index (χ2n) is 3.11. The van der Waals surface area contributed by atoms with E-state index in [2.05, 4.69) is 0 Å². The number of carbonyl (C=O) groups excluding carboxylic acids is 2. The Morgan fingerprint density at radius 3 is 1.87 bits per heavy atom. The van der Waals surface area contributed by atoms with Crippen LogP contribution in [0.25, 0.3) is 0 Å². The van der Waals surface area contributed by atoms with Gasteiger partial charge in [-0.05, 0) is 20.8 Å². The summed E-state index contributed by atoms with van der Waals surface area (Å²) in [5.41, 5.74) is -1.51. The average Bonchev–Trinajstić information content (AvgIpc) is 2.18. The van der Waals surface area contributed by atoms with E-state index in [4.69, 9.17) is 14.7 Å². The van der Waals surface area contributed by atoms with Crippen molar-refractivity contribution in [1.82, 2.24) is 0 Å². The lowest BCUT2D eigenvalue weighted by molar-refractivity contribution is -0.170. The van der Waals surface area contributed by atoms with Crippen LogP contribution in [0.1, 0.15) is 27.2 Å². The number of nitrogens with zero attached hydrogens (tertiary/aromatic N) is 1. The molecular formula is C10H15NO4. The number of hydrogen-bond acceptors (Lipinski definition) is 5. The zero-order valence-electron chi connectivity index (χ0n) is 9.20. The smallest absolute Gasteiger partial charge is 0.324 e. The third-order valence-electron chi connectivity index (χ3n) is 1.88. The predicted octanol–water partition coefficient (Wildman–Crippen LogP) is 1.03. The maximum Gasteiger partial charge on any atom is 0.324 e. The van der Waals surface area contributed by atoms with Gasteiger partial charge in [0.15, 0.2) is 5.41 Å². The summed E-state index contributed by atoms with van der Waals surface area (Å²) in [5.74, 6) is -1.44. The summed E-state index contributed by atoms with van der Waals surface area (Å²) >= 11 is 0. The van der Waals surface area contributed by atoms with Gasteiger partial charge in [0.05, 0.1) is 25.7 Å². The van der Waals surface area contributed by atoms with Crippen LogP contribution >= 0.6 is 0 Å². The maximum absolute atomic E-state index is 11.5. The zero-order valence-corrected chi connectivity index (χ0v) is 9.20. The molecule has 5 heteroatoms. The summed E-state index contributed by atoms with van der Waals surface area (Å²) in [6.45, 7) is 4.95. The van der Waals surface area contributed by atoms with E-state index in [9.17, 15) is 9.59 Å². The highest BCUT2D eigenvalue weighted by atomic mass is 16.6. The van der Waals surface area contributed by atoms with Crippen molar-refractivity contribution in [3.05, 3.63) is 0 Å². The van der Waals surface area contributed by atoms with Crippen LogP contribution in [0.15, 0.2) is 0 Å². The molecular weight excluding hydrogens is 198 g/mol. The molecule has 0 spiro atoms. The molecule has 0 aliphatic rings. The summed E-state index contributed by atoms with van der Waals surface area (Å²) in [4.78, 5) is 23.0. The third kappa shape index (κ3) is 3.24. The molecule has 84 valence electrons. The van der Waals surface area contributed by atoms with Gasteiger partial charge >= 0.3 is 11.9 Å². The number of ether oxygens (including phenoxy) is 2. The standard InChI is InChI=1S/C10H15NO4/c1-4-14-8(12)10(3,6-7-11)9(13)15-5-2/h4-6H2,1-3H3. The highest BCUT2D eigenvalue weighted by Gasteiger charge is 2.44. The van der Waals surface area contributed by atoms with Crippen LogP contribution in [0.5, 0.6) is 0 Å². The molecule has 0 aliphatic carbocycles. The molecule has 0 aromatic heterocycles. The molecule has 0 aromatic carbocycles. The number of rotatable bonds is 5. The Kier molecular flexibility index (Phi) is 5.39. The minimum absolute atomic E-state index is 0.166. The van der Waals surface area contributed by atoms with Gasteiger partial charge in [-0.1, -0.05) is 0 Å². The fourth-order valence-electron chi connectivity index (χ4n) is 0.967. The lowest BCUT2D eigenvalue weighted by Crippen LogP contribution is -2.39. The molecule has 0 fully saturated rings. The molecule has 0 bridgehead atoms. The maximum atomic E-state index is 11.5. The van der Waals surface area contributed by atoms with Crippen LogP contribution in [0, 0.1) is 16.7 Å². The molecule has 0 saturated heterocycles. The van der Waals surface area contributed by atoms with E-state index >= 15 is 0 Å². The van der Waals surface area contributed by atoms with Gasteiger partial charge in [-0.3, -0.25) is 9.59 Å². The molecule has 0 unspecified atom stereocenters. The Morgan fingerprint density at radius 2 is 1.60 bits per heavy atom. The highest BCUT2D eigenvalue weighted by molar-refractivity contribution is 5.99. The Bertz CT molecular complexity index is 262. The van der Waals surface area contributed by atoms with Gasteiger partial charge in [0.1, 0.15) is 0 Å². The molecule has 15 heavy (non-hydrogen) atoms. The number of carbonyl (C=O) groups is 2. The first-order valence-electron chi connectivity index (χ1n) is 4.74. The molecule has 5 nitrogen and oxygen atoms in total. The Hall–Kier alpha value is -1.57. The van der Waals surface area contributed by atoms with Crippen molar-refractivity contribution in [3.8, 4) is 6.07 Å². The van der Waals surface area contributed by atoms with Gasteiger partial charge in [0.2, 0.25) is 0 Å². The summed E-state index contributed by atoms with van der Waals surface area (Å²) < 4.78 is 9.47. The molecule has 0 saturated carbocycles. The molecule has 0 aromatic rings. The summed E-state index contributed by atoms with van der Waals surface area (Å²) in [5, 5.41) is 8.57. The van der Waals surface area contributed by atoms with Crippen molar-refractivity contribution in [2.24, 2.45) is 5.41 Å². The average molecular weight is 213 g/mol. The lowest BCUT2D eigenvalue weighted by Gasteiger charge is -2.21. The quantitative estimate of drug-likeness (QED) is 0.503. The van der Waals surface area contributed by atoms with Crippen LogP contribution in [0.2, 0.25) is 0 Å². The van der Waals surface area contributed by atoms with E-state index < -0.39 is 17.4 Å². The number of esters is 2. The van der Waals surface area contributed by atoms with Crippen molar-refractivity contribution in [2.75, 3.05) is 13.2 Å². The summed E-state index contributed by atoms with van der Waals surface area (Å²) in [6.07, 6.45) is -0.245. The SMILES string of the molecule is CCOC(=O)C(C)(CC#N)C(=O)OCC. The number of nitriles is 1. The van der Waals surface area contributed by atoms with Crippen LogP contribution in [0.3, 0.4) is 0 Å². The third-order valence-corrected chi connectivity index (χ3v) is 1.88. The molecule has 0 N–H and O–H groups in total. The van der Waals surface area contributed by atoms with Crippen molar-refractivity contribution >= 4 is 11.9 Å². The normalized spacial score (nSPS) is 10.3.